The van der Waals surface area contributed by atoms with Crippen molar-refractivity contribution in [1.82, 2.24) is 24.7 Å². The topological polar surface area (TPSA) is 69.0 Å². The lowest BCUT2D eigenvalue weighted by Gasteiger charge is -2.33. The van der Waals surface area contributed by atoms with Crippen molar-refractivity contribution in [1.29, 1.82) is 0 Å². The van der Waals surface area contributed by atoms with Crippen molar-refractivity contribution < 1.29 is 4.74 Å². The van der Waals surface area contributed by atoms with Gasteiger partial charge in [0.2, 0.25) is 0 Å². The fourth-order valence-corrected chi connectivity index (χ4v) is 3.94. The summed E-state index contributed by atoms with van der Waals surface area (Å²) >= 11 is 1.67. The van der Waals surface area contributed by atoms with Gasteiger partial charge in [0.1, 0.15) is 28.9 Å². The summed E-state index contributed by atoms with van der Waals surface area (Å²) in [6.07, 6.45) is 1.61. The van der Waals surface area contributed by atoms with E-state index in [2.05, 4.69) is 32.4 Å². The zero-order valence-corrected chi connectivity index (χ0v) is 14.2. The van der Waals surface area contributed by atoms with Crippen LogP contribution in [0, 0.1) is 13.8 Å². The smallest absolute Gasteiger partial charge is 0.163 e. The van der Waals surface area contributed by atoms with Gasteiger partial charge < -0.3 is 14.2 Å². The molecule has 0 aromatic carbocycles. The van der Waals surface area contributed by atoms with Gasteiger partial charge in [-0.15, -0.1) is 21.5 Å². The van der Waals surface area contributed by atoms with E-state index in [0.29, 0.717) is 13.2 Å². The number of anilines is 1. The van der Waals surface area contributed by atoms with Crippen LogP contribution in [0.15, 0.2) is 11.7 Å². The Morgan fingerprint density at radius 2 is 2.17 bits per heavy atom. The van der Waals surface area contributed by atoms with Gasteiger partial charge in [0.05, 0.1) is 18.5 Å². The first kappa shape index (κ1) is 14.5. The molecule has 4 heterocycles. The Hall–Kier alpha value is -2.06. The average molecular weight is 330 g/mol. The Balaban J connectivity index is 1.73. The van der Waals surface area contributed by atoms with E-state index in [9.17, 15) is 0 Å². The van der Waals surface area contributed by atoms with Crippen LogP contribution in [-0.2, 0) is 11.8 Å². The number of rotatable bonds is 2. The summed E-state index contributed by atoms with van der Waals surface area (Å²) in [6, 6.07) is 0. The highest BCUT2D eigenvalue weighted by Gasteiger charge is 2.28. The minimum atomic E-state index is -0.0967. The van der Waals surface area contributed by atoms with Crippen LogP contribution in [0.2, 0.25) is 0 Å². The van der Waals surface area contributed by atoms with Crippen molar-refractivity contribution in [3.63, 3.8) is 0 Å². The first-order valence-corrected chi connectivity index (χ1v) is 8.44. The summed E-state index contributed by atoms with van der Waals surface area (Å²) < 4.78 is 7.81. The first-order chi connectivity index (χ1) is 11.1. The number of hydrogen-bond acceptors (Lipinski definition) is 7. The highest BCUT2D eigenvalue weighted by molar-refractivity contribution is 7.17. The molecule has 3 aromatic rings. The Bertz CT molecular complexity index is 857. The molecule has 4 rings (SSSR count). The Labute approximate surface area is 137 Å². The van der Waals surface area contributed by atoms with Crippen LogP contribution >= 0.6 is 11.3 Å². The van der Waals surface area contributed by atoms with E-state index in [4.69, 9.17) is 9.72 Å². The first-order valence-electron chi connectivity index (χ1n) is 7.56. The summed E-state index contributed by atoms with van der Waals surface area (Å²) in [5.41, 5.74) is 1.22. The van der Waals surface area contributed by atoms with E-state index in [1.54, 1.807) is 17.7 Å². The molecule has 7 nitrogen and oxygen atoms in total. The number of nitrogens with zero attached hydrogens (tertiary/aromatic N) is 6. The number of thiophene rings is 1. The van der Waals surface area contributed by atoms with E-state index in [1.807, 2.05) is 18.5 Å². The lowest BCUT2D eigenvalue weighted by Crippen LogP contribution is -2.40. The second kappa shape index (κ2) is 5.54. The summed E-state index contributed by atoms with van der Waals surface area (Å²) in [7, 11) is 1.94. The highest BCUT2D eigenvalue weighted by Crippen LogP contribution is 2.33. The number of ether oxygens (including phenoxy) is 1. The molecule has 1 aliphatic rings. The van der Waals surface area contributed by atoms with Gasteiger partial charge in [-0.3, -0.25) is 0 Å². The Morgan fingerprint density at radius 1 is 1.30 bits per heavy atom. The van der Waals surface area contributed by atoms with E-state index < -0.39 is 0 Å². The summed E-state index contributed by atoms with van der Waals surface area (Å²) in [5.74, 6) is 2.65. The fraction of sp³-hybridized carbons (Fsp3) is 0.467. The molecule has 0 aliphatic carbocycles. The van der Waals surface area contributed by atoms with Crippen LogP contribution < -0.4 is 4.90 Å². The fourth-order valence-electron chi connectivity index (χ4n) is 2.98. The standard InChI is InChI=1S/C15H18N6OS/c1-9-7-23-15-12(9)14(17-10(2)18-15)21-4-5-22-11(6-21)13-19-16-8-20(13)3/h7-8,11H,4-6H2,1-3H3/t11-/m0/s1. The third kappa shape index (κ3) is 2.47. The average Bonchev–Trinajstić information content (AvgIpc) is 3.13. The Kier molecular flexibility index (Phi) is 3.50. The maximum Gasteiger partial charge on any atom is 0.163 e. The van der Waals surface area contributed by atoms with Crippen LogP contribution in [0.25, 0.3) is 10.2 Å². The molecule has 0 radical (unpaired) electrons. The maximum atomic E-state index is 5.90. The minimum Gasteiger partial charge on any atom is -0.366 e. The number of morpholine rings is 1. The predicted octanol–water partition coefficient (Wildman–Crippen LogP) is 2.01. The molecule has 23 heavy (non-hydrogen) atoms. The van der Waals surface area contributed by atoms with Gasteiger partial charge in [-0.25, -0.2) is 9.97 Å². The molecule has 0 unspecified atom stereocenters. The zero-order chi connectivity index (χ0) is 16.0. The minimum absolute atomic E-state index is 0.0967. The van der Waals surface area contributed by atoms with Gasteiger partial charge in [-0.2, -0.15) is 0 Å². The zero-order valence-electron chi connectivity index (χ0n) is 13.4. The third-order valence-corrected chi connectivity index (χ3v) is 5.10. The maximum absolute atomic E-state index is 5.90. The van der Waals surface area contributed by atoms with E-state index in [0.717, 1.165) is 34.2 Å². The molecule has 1 aliphatic heterocycles. The van der Waals surface area contributed by atoms with Crippen molar-refractivity contribution >= 4 is 27.4 Å². The van der Waals surface area contributed by atoms with Gasteiger partial charge >= 0.3 is 0 Å². The number of hydrogen-bond donors (Lipinski definition) is 0. The molecule has 1 saturated heterocycles. The monoisotopic (exact) mass is 330 g/mol. The molecule has 0 amide bonds. The van der Waals surface area contributed by atoms with Gasteiger partial charge in [-0.05, 0) is 24.8 Å². The van der Waals surface area contributed by atoms with Crippen molar-refractivity contribution in [3.05, 3.63) is 28.9 Å². The van der Waals surface area contributed by atoms with E-state index >= 15 is 0 Å². The summed E-state index contributed by atoms with van der Waals surface area (Å²) in [5, 5.41) is 11.4. The van der Waals surface area contributed by atoms with Gasteiger partial charge in [-0.1, -0.05) is 0 Å². The Morgan fingerprint density at radius 3 is 2.96 bits per heavy atom. The molecular weight excluding hydrogens is 312 g/mol. The molecule has 0 saturated carbocycles. The second-order valence-electron chi connectivity index (χ2n) is 5.80. The van der Waals surface area contributed by atoms with Crippen molar-refractivity contribution in [3.8, 4) is 0 Å². The van der Waals surface area contributed by atoms with Gasteiger partial charge in [0.25, 0.3) is 0 Å². The van der Waals surface area contributed by atoms with Crippen LogP contribution in [-0.4, -0.2) is 44.4 Å². The normalized spacial score (nSPS) is 18.7. The molecule has 0 N–H and O–H groups in total. The molecule has 3 aromatic heterocycles. The third-order valence-electron chi connectivity index (χ3n) is 4.11. The molecule has 1 fully saturated rings. The molecule has 1 atom stereocenters. The van der Waals surface area contributed by atoms with E-state index in [1.165, 1.54) is 5.56 Å². The molecule has 120 valence electrons. The quantitative estimate of drug-likeness (QED) is 0.716. The highest BCUT2D eigenvalue weighted by atomic mass is 32.1. The van der Waals surface area contributed by atoms with Crippen molar-refractivity contribution in [2.24, 2.45) is 7.05 Å². The largest absolute Gasteiger partial charge is 0.366 e. The summed E-state index contributed by atoms with van der Waals surface area (Å²) in [6.45, 7) is 6.23. The van der Waals surface area contributed by atoms with Crippen molar-refractivity contribution in [2.45, 2.75) is 20.0 Å². The van der Waals surface area contributed by atoms with Crippen molar-refractivity contribution in [2.75, 3.05) is 24.6 Å². The lowest BCUT2D eigenvalue weighted by molar-refractivity contribution is 0.0319. The van der Waals surface area contributed by atoms with Gasteiger partial charge in [0, 0.05) is 13.6 Å². The van der Waals surface area contributed by atoms with Crippen LogP contribution in [0.3, 0.4) is 0 Å². The second-order valence-corrected chi connectivity index (χ2v) is 6.66. The van der Waals surface area contributed by atoms with E-state index in [-0.39, 0.29) is 6.10 Å². The molecule has 0 bridgehead atoms. The van der Waals surface area contributed by atoms with Gasteiger partial charge in [0.15, 0.2) is 5.82 Å². The summed E-state index contributed by atoms with van der Waals surface area (Å²) in [4.78, 5) is 12.6. The SMILES string of the molecule is Cc1nc(N2CCO[C@H](c3nncn3C)C2)c2c(C)csc2n1. The number of aromatic nitrogens is 5. The van der Waals surface area contributed by atoms with Crippen LogP contribution in [0.1, 0.15) is 23.3 Å². The lowest BCUT2D eigenvalue weighted by atomic mass is 10.2. The predicted molar refractivity (Wildman–Crippen MR) is 88.8 cm³/mol. The molecular formula is C15H18N6OS. The number of fused-ring (bicyclic) bond motifs is 1. The molecule has 8 heteroatoms. The van der Waals surface area contributed by atoms with Crippen LogP contribution in [0.5, 0.6) is 0 Å². The molecule has 0 spiro atoms. The number of aryl methyl sites for hydroxylation is 3. The van der Waals surface area contributed by atoms with Crippen LogP contribution in [0.4, 0.5) is 5.82 Å².